The van der Waals surface area contributed by atoms with Crippen LogP contribution < -0.4 is 20.7 Å². The Hall–Kier alpha value is -6.51. The predicted octanol–water partition coefficient (Wildman–Crippen LogP) is 9.71. The number of ether oxygens (including phenoxy) is 1. The zero-order valence-corrected chi connectivity index (χ0v) is 42.7. The van der Waals surface area contributed by atoms with Gasteiger partial charge in [-0.15, -0.1) is 11.3 Å². The fraction of sp³-hybridized carbons (Fsp3) is 0.421. The van der Waals surface area contributed by atoms with E-state index in [2.05, 4.69) is 27.9 Å². The first-order valence-corrected chi connectivity index (χ1v) is 25.9. The molecule has 6 rings (SSSR count). The van der Waals surface area contributed by atoms with Crippen molar-refractivity contribution in [2.24, 2.45) is 5.41 Å². The third-order valence-electron chi connectivity index (χ3n) is 12.9. The van der Waals surface area contributed by atoms with Crippen molar-refractivity contribution < 1.29 is 39.2 Å². The molecule has 4 amide bonds. The SMILES string of the molecule is CCC(=C(c1ccc(O)cc1)c1ccc(OCCNC(=O)CCCCCCCCCC(=O)N[C@H](C(=O)N2C[C@H](O)C[C@H]2C(=O)NCc2ccc(-c3scnc3C)cc2)C(C)(C)C)cc1)c1ccc(O)cc1. The lowest BCUT2D eigenvalue weighted by Gasteiger charge is -2.35. The summed E-state index contributed by atoms with van der Waals surface area (Å²) in [5.41, 5.74) is 9.20. The van der Waals surface area contributed by atoms with Crippen molar-refractivity contribution in [1.29, 1.82) is 0 Å². The maximum absolute atomic E-state index is 14.0. The van der Waals surface area contributed by atoms with E-state index in [4.69, 9.17) is 4.74 Å². The summed E-state index contributed by atoms with van der Waals surface area (Å²) in [5.74, 6) is 0.148. The van der Waals surface area contributed by atoms with Gasteiger partial charge in [0.25, 0.3) is 0 Å². The summed E-state index contributed by atoms with van der Waals surface area (Å²) in [6.45, 7) is 10.7. The van der Waals surface area contributed by atoms with Crippen LogP contribution in [0.15, 0.2) is 103 Å². The summed E-state index contributed by atoms with van der Waals surface area (Å²) in [7, 11) is 0. The molecule has 0 aliphatic carbocycles. The maximum atomic E-state index is 14.0. The standard InChI is InChI=1S/C57H71N5O8S/c1-6-48(40-20-26-44(63)27-21-40)52(41-22-28-45(64)29-23-41)42-24-30-47(31-25-42)70-33-32-58-50(66)14-12-10-8-7-9-11-13-15-51(67)61-54(57(3,4)5)56(69)62-36-46(65)34-49(62)55(68)59-35-39-16-18-43(19-17-39)53-38(2)60-37-71-53/h16-31,37,46,49,54,63-65H,6-15,32-36H2,1-5H3,(H,58,66)(H,59,68)(H,61,67)/t46-,49+,54-/m1/s1. The quantitative estimate of drug-likeness (QED) is 0.0258. The Labute approximate surface area is 422 Å². The second-order valence-electron chi connectivity index (χ2n) is 19.4. The van der Waals surface area contributed by atoms with E-state index in [1.165, 1.54) is 4.90 Å². The van der Waals surface area contributed by atoms with Gasteiger partial charge in [0, 0.05) is 32.4 Å². The number of hydrogen-bond donors (Lipinski definition) is 6. The van der Waals surface area contributed by atoms with Gasteiger partial charge in [0.15, 0.2) is 0 Å². The zero-order valence-electron chi connectivity index (χ0n) is 41.8. The number of nitrogens with zero attached hydrogens (tertiary/aromatic N) is 2. The lowest BCUT2D eigenvalue weighted by atomic mass is 9.85. The van der Waals surface area contributed by atoms with Gasteiger partial charge >= 0.3 is 0 Å². The van der Waals surface area contributed by atoms with Crippen LogP contribution in [-0.2, 0) is 25.7 Å². The van der Waals surface area contributed by atoms with Crippen molar-refractivity contribution in [3.8, 4) is 27.7 Å². The van der Waals surface area contributed by atoms with Crippen LogP contribution in [0.3, 0.4) is 0 Å². The first-order valence-electron chi connectivity index (χ1n) is 25.0. The Morgan fingerprint density at radius 3 is 1.89 bits per heavy atom. The number of thiazole rings is 1. The second kappa shape index (κ2) is 26.1. The Balaban J connectivity index is 0.844. The van der Waals surface area contributed by atoms with Gasteiger partial charge in [0.2, 0.25) is 23.6 Å². The summed E-state index contributed by atoms with van der Waals surface area (Å²) in [6.07, 6.45) is 7.00. The Bertz CT molecular complexity index is 2550. The van der Waals surface area contributed by atoms with Gasteiger partial charge in [-0.1, -0.05) is 120 Å². The fourth-order valence-electron chi connectivity index (χ4n) is 8.97. The van der Waals surface area contributed by atoms with Crippen molar-refractivity contribution in [3.05, 3.63) is 131 Å². The van der Waals surface area contributed by atoms with Crippen molar-refractivity contribution in [2.45, 2.75) is 130 Å². The Morgan fingerprint density at radius 1 is 0.761 bits per heavy atom. The number of carbonyl (C=O) groups is 4. The van der Waals surface area contributed by atoms with Crippen molar-refractivity contribution in [1.82, 2.24) is 25.8 Å². The number of aliphatic hydroxyl groups excluding tert-OH is 1. The van der Waals surface area contributed by atoms with Crippen LogP contribution >= 0.6 is 11.3 Å². The molecule has 0 spiro atoms. The molecule has 0 bridgehead atoms. The van der Waals surface area contributed by atoms with E-state index in [1.807, 2.05) is 106 Å². The summed E-state index contributed by atoms with van der Waals surface area (Å²) in [6, 6.07) is 28.4. The molecule has 4 aromatic carbocycles. The molecule has 14 heteroatoms. The summed E-state index contributed by atoms with van der Waals surface area (Å²) in [5, 5.41) is 39.3. The number of likely N-dealkylation sites (tertiary alicyclic amines) is 1. The van der Waals surface area contributed by atoms with E-state index in [1.54, 1.807) is 35.6 Å². The minimum Gasteiger partial charge on any atom is -0.508 e. The van der Waals surface area contributed by atoms with Crippen LogP contribution in [0.1, 0.15) is 126 Å². The fourth-order valence-corrected chi connectivity index (χ4v) is 9.78. The number of aromatic hydroxyl groups is 2. The molecule has 378 valence electrons. The molecule has 71 heavy (non-hydrogen) atoms. The molecule has 1 fully saturated rings. The molecule has 0 saturated carbocycles. The number of amides is 4. The van der Waals surface area contributed by atoms with Crippen LogP contribution in [0.2, 0.25) is 0 Å². The van der Waals surface area contributed by atoms with Crippen molar-refractivity contribution in [2.75, 3.05) is 19.7 Å². The zero-order chi connectivity index (χ0) is 50.9. The topological polar surface area (TPSA) is 190 Å². The number of β-amino-alcohol motifs (C(OH)–C–C–N with tert-alkyl or cyclic N) is 1. The van der Waals surface area contributed by atoms with E-state index in [-0.39, 0.29) is 61.1 Å². The molecule has 1 aliphatic heterocycles. The van der Waals surface area contributed by atoms with Gasteiger partial charge in [0.05, 0.1) is 28.7 Å². The summed E-state index contributed by atoms with van der Waals surface area (Å²) >= 11 is 1.58. The van der Waals surface area contributed by atoms with E-state index < -0.39 is 23.6 Å². The monoisotopic (exact) mass is 986 g/mol. The normalized spacial score (nSPS) is 15.4. The molecule has 0 radical (unpaired) electrons. The number of aryl methyl sites for hydroxylation is 1. The number of rotatable bonds is 24. The molecular weight excluding hydrogens is 915 g/mol. The highest BCUT2D eigenvalue weighted by atomic mass is 32.1. The number of hydrogen-bond acceptors (Lipinski definition) is 10. The van der Waals surface area contributed by atoms with Crippen LogP contribution in [-0.4, -0.2) is 86.7 Å². The molecule has 0 unspecified atom stereocenters. The number of benzene rings is 4. The molecule has 2 heterocycles. The van der Waals surface area contributed by atoms with Crippen molar-refractivity contribution in [3.63, 3.8) is 0 Å². The molecule has 1 aliphatic rings. The number of allylic oxidation sites excluding steroid dienone is 1. The summed E-state index contributed by atoms with van der Waals surface area (Å²) in [4.78, 5) is 60.0. The highest BCUT2D eigenvalue weighted by Crippen LogP contribution is 2.36. The Morgan fingerprint density at radius 2 is 1.32 bits per heavy atom. The minimum absolute atomic E-state index is 0.00745. The van der Waals surface area contributed by atoms with Gasteiger partial charge in [-0.25, -0.2) is 4.98 Å². The number of phenolic OH excluding ortho intramolecular Hbond substituents is 2. The third-order valence-corrected chi connectivity index (χ3v) is 13.9. The largest absolute Gasteiger partial charge is 0.508 e. The maximum Gasteiger partial charge on any atom is 0.246 e. The van der Waals surface area contributed by atoms with Crippen molar-refractivity contribution >= 4 is 46.1 Å². The average molecular weight is 986 g/mol. The lowest BCUT2D eigenvalue weighted by molar-refractivity contribution is -0.144. The van der Waals surface area contributed by atoms with E-state index in [0.717, 1.165) is 94.5 Å². The number of unbranched alkanes of at least 4 members (excludes halogenated alkanes) is 6. The molecule has 13 nitrogen and oxygen atoms in total. The Kier molecular flexibility index (Phi) is 19.8. The van der Waals surface area contributed by atoms with Gasteiger partial charge in [-0.3, -0.25) is 19.2 Å². The number of phenols is 2. The second-order valence-corrected chi connectivity index (χ2v) is 20.3. The van der Waals surface area contributed by atoms with Crippen LogP contribution in [0, 0.1) is 12.3 Å². The molecular formula is C57H71N5O8S. The van der Waals surface area contributed by atoms with E-state index in [9.17, 15) is 34.5 Å². The summed E-state index contributed by atoms with van der Waals surface area (Å²) < 4.78 is 5.96. The molecule has 5 aromatic rings. The average Bonchev–Trinajstić information content (AvgIpc) is 3.98. The number of aliphatic hydroxyl groups is 1. The predicted molar refractivity (Wildman–Crippen MR) is 281 cm³/mol. The molecule has 6 N–H and O–H groups in total. The van der Waals surface area contributed by atoms with E-state index in [0.29, 0.717) is 31.7 Å². The van der Waals surface area contributed by atoms with Crippen LogP contribution in [0.25, 0.3) is 21.6 Å². The lowest BCUT2D eigenvalue weighted by Crippen LogP contribution is -2.57. The van der Waals surface area contributed by atoms with Gasteiger partial charge in [-0.2, -0.15) is 0 Å². The third kappa shape index (κ3) is 15.7. The van der Waals surface area contributed by atoms with Gasteiger partial charge < -0.3 is 40.9 Å². The van der Waals surface area contributed by atoms with Crippen LogP contribution in [0.4, 0.5) is 0 Å². The molecule has 1 aromatic heterocycles. The highest BCUT2D eigenvalue weighted by Gasteiger charge is 2.44. The number of aromatic nitrogens is 1. The molecule has 1 saturated heterocycles. The minimum atomic E-state index is -0.866. The van der Waals surface area contributed by atoms with Gasteiger partial charge in [0.1, 0.15) is 35.9 Å². The van der Waals surface area contributed by atoms with Crippen LogP contribution in [0.5, 0.6) is 17.2 Å². The first kappa shape index (κ1) is 53.8. The highest BCUT2D eigenvalue weighted by molar-refractivity contribution is 7.13. The number of carbonyl (C=O) groups excluding carboxylic acids is 4. The van der Waals surface area contributed by atoms with Gasteiger partial charge in [-0.05, 0) is 107 Å². The first-order chi connectivity index (χ1) is 34.1. The molecule has 3 atom stereocenters. The smallest absolute Gasteiger partial charge is 0.246 e. The van der Waals surface area contributed by atoms with E-state index >= 15 is 0 Å². The number of nitrogens with one attached hydrogen (secondary N) is 3.